The van der Waals surface area contributed by atoms with Gasteiger partial charge in [-0.15, -0.1) is 0 Å². The summed E-state index contributed by atoms with van der Waals surface area (Å²) in [5, 5.41) is 2.56. The second-order valence-electron chi connectivity index (χ2n) is 7.45. The summed E-state index contributed by atoms with van der Waals surface area (Å²) in [6, 6.07) is 9.00. The van der Waals surface area contributed by atoms with E-state index in [1.54, 1.807) is 13.8 Å². The van der Waals surface area contributed by atoms with Crippen LogP contribution in [0.2, 0.25) is 0 Å². The van der Waals surface area contributed by atoms with Crippen LogP contribution in [0, 0.1) is 5.82 Å². The average Bonchev–Trinajstić information content (AvgIpc) is 2.66. The van der Waals surface area contributed by atoms with E-state index in [1.807, 2.05) is 0 Å². The molecule has 0 unspecified atom stereocenters. The fraction of sp³-hybridized carbons (Fsp3) is 0.350. The molecule has 0 saturated carbocycles. The van der Waals surface area contributed by atoms with Crippen molar-refractivity contribution >= 4 is 15.9 Å². The van der Waals surface area contributed by atoms with Gasteiger partial charge < -0.3 is 5.32 Å². The third-order valence-corrected chi connectivity index (χ3v) is 6.40. The van der Waals surface area contributed by atoms with Gasteiger partial charge in [-0.25, -0.2) is 12.8 Å². The van der Waals surface area contributed by atoms with Crippen LogP contribution in [0.3, 0.4) is 0 Å². The third-order valence-electron chi connectivity index (χ3n) is 4.59. The van der Waals surface area contributed by atoms with Gasteiger partial charge in [0.05, 0.1) is 17.0 Å². The Morgan fingerprint density at radius 1 is 1.03 bits per heavy atom. The average molecular weight is 446 g/mol. The summed E-state index contributed by atoms with van der Waals surface area (Å²) < 4.78 is 77.5. The molecule has 0 atom stereocenters. The molecule has 0 heterocycles. The van der Waals surface area contributed by atoms with E-state index in [1.165, 1.54) is 19.2 Å². The molecule has 0 aliphatic rings. The smallest absolute Gasteiger partial charge is 0.354 e. The summed E-state index contributed by atoms with van der Waals surface area (Å²) in [5.41, 5.74) is -1.24. The highest BCUT2D eigenvalue weighted by Gasteiger charge is 2.32. The van der Waals surface area contributed by atoms with Crippen molar-refractivity contribution in [1.82, 2.24) is 9.62 Å². The minimum Gasteiger partial charge on any atom is -0.354 e. The van der Waals surface area contributed by atoms with Gasteiger partial charge in [0.1, 0.15) is 5.82 Å². The highest BCUT2D eigenvalue weighted by Crippen LogP contribution is 2.32. The van der Waals surface area contributed by atoms with E-state index in [2.05, 4.69) is 5.32 Å². The molecule has 5 nitrogen and oxygen atoms in total. The summed E-state index contributed by atoms with van der Waals surface area (Å²) in [7, 11) is -2.79. The Morgan fingerprint density at radius 2 is 1.60 bits per heavy atom. The van der Waals surface area contributed by atoms with Gasteiger partial charge in [0.15, 0.2) is 0 Å². The minimum absolute atomic E-state index is 0.00240. The molecular weight excluding hydrogens is 424 g/mol. The molecule has 1 amide bonds. The van der Waals surface area contributed by atoms with Gasteiger partial charge >= 0.3 is 6.18 Å². The lowest BCUT2D eigenvalue weighted by Crippen LogP contribution is -2.42. The topological polar surface area (TPSA) is 66.5 Å². The van der Waals surface area contributed by atoms with Crippen LogP contribution in [0.15, 0.2) is 53.4 Å². The molecule has 10 heteroatoms. The molecule has 0 spiro atoms. The first-order chi connectivity index (χ1) is 13.7. The molecular formula is C20H22F4N2O3S. The fourth-order valence-corrected chi connectivity index (χ4v) is 3.79. The lowest BCUT2D eigenvalue weighted by Gasteiger charge is -2.27. The molecule has 0 aliphatic heterocycles. The molecule has 0 aliphatic carbocycles. The van der Waals surface area contributed by atoms with Crippen LogP contribution < -0.4 is 5.32 Å². The van der Waals surface area contributed by atoms with Crippen molar-refractivity contribution in [2.24, 2.45) is 0 Å². The van der Waals surface area contributed by atoms with Crippen LogP contribution in [0.4, 0.5) is 17.6 Å². The number of alkyl halides is 3. The largest absolute Gasteiger partial charge is 0.416 e. The minimum atomic E-state index is -4.48. The van der Waals surface area contributed by atoms with Gasteiger partial charge in [-0.2, -0.15) is 17.5 Å². The molecule has 2 aromatic rings. The Bertz CT molecular complexity index is 1000. The summed E-state index contributed by atoms with van der Waals surface area (Å²) in [4.78, 5) is 12.1. The Morgan fingerprint density at radius 3 is 2.17 bits per heavy atom. The number of halogens is 4. The van der Waals surface area contributed by atoms with Crippen molar-refractivity contribution in [2.45, 2.75) is 30.3 Å². The number of nitrogens with one attached hydrogen (secondary N) is 1. The van der Waals surface area contributed by atoms with Crippen molar-refractivity contribution in [1.29, 1.82) is 0 Å². The van der Waals surface area contributed by atoms with Crippen molar-refractivity contribution in [3.05, 3.63) is 65.5 Å². The maximum atomic E-state index is 13.0. The number of carbonyl (C=O) groups is 1. The monoisotopic (exact) mass is 446 g/mol. The van der Waals surface area contributed by atoms with Crippen molar-refractivity contribution in [3.8, 4) is 0 Å². The quantitative estimate of drug-likeness (QED) is 0.662. The van der Waals surface area contributed by atoms with Gasteiger partial charge in [0.2, 0.25) is 15.9 Å². The fourth-order valence-electron chi connectivity index (χ4n) is 2.67. The van der Waals surface area contributed by atoms with Gasteiger partial charge in [0.25, 0.3) is 0 Å². The number of rotatable bonds is 7. The van der Waals surface area contributed by atoms with Gasteiger partial charge in [0, 0.05) is 19.0 Å². The molecule has 0 radical (unpaired) electrons. The van der Waals surface area contributed by atoms with E-state index < -0.39 is 45.4 Å². The van der Waals surface area contributed by atoms with Crippen LogP contribution >= 0.6 is 0 Å². The van der Waals surface area contributed by atoms with Gasteiger partial charge in [-0.3, -0.25) is 4.79 Å². The first-order valence-electron chi connectivity index (χ1n) is 8.90. The number of carbonyl (C=O) groups excluding carboxylic acids is 1. The zero-order valence-electron chi connectivity index (χ0n) is 16.6. The Labute approximate surface area is 172 Å². The normalized spacial score (nSPS) is 12.8. The van der Waals surface area contributed by atoms with Crippen LogP contribution in [0.1, 0.15) is 25.0 Å². The standard InChI is InChI=1S/C20H22F4N2O3S/c1-19(2,14-5-4-6-15(11-14)20(22,23)24)13-25-18(27)12-26(3)30(28,29)17-9-7-16(21)8-10-17/h4-11H,12-13H2,1-3H3,(H,25,27). The van der Waals surface area contributed by atoms with E-state index in [9.17, 15) is 30.8 Å². The molecule has 0 fully saturated rings. The number of benzene rings is 2. The van der Waals surface area contributed by atoms with Gasteiger partial charge in [-0.1, -0.05) is 32.0 Å². The van der Waals surface area contributed by atoms with Crippen molar-refractivity contribution in [2.75, 3.05) is 20.1 Å². The Balaban J connectivity index is 2.03. The van der Waals surface area contributed by atoms with Crippen molar-refractivity contribution < 1.29 is 30.8 Å². The van der Waals surface area contributed by atoms with E-state index >= 15 is 0 Å². The van der Waals surface area contributed by atoms with Gasteiger partial charge in [-0.05, 0) is 35.9 Å². The zero-order valence-corrected chi connectivity index (χ0v) is 17.4. The number of amides is 1. The summed E-state index contributed by atoms with van der Waals surface area (Å²) >= 11 is 0. The Hall–Kier alpha value is -2.46. The van der Waals surface area contributed by atoms with E-state index in [0.717, 1.165) is 40.7 Å². The number of likely N-dealkylation sites (N-methyl/N-ethyl adjacent to an activating group) is 1. The molecule has 164 valence electrons. The van der Waals surface area contributed by atoms with Crippen LogP contribution in [-0.4, -0.2) is 38.8 Å². The third kappa shape index (κ3) is 5.79. The number of sulfonamides is 1. The highest BCUT2D eigenvalue weighted by atomic mass is 32.2. The predicted molar refractivity (Wildman–Crippen MR) is 104 cm³/mol. The van der Waals surface area contributed by atoms with Crippen LogP contribution in [-0.2, 0) is 26.4 Å². The summed E-state index contributed by atoms with van der Waals surface area (Å²) in [5.74, 6) is -1.21. The maximum Gasteiger partial charge on any atom is 0.416 e. The molecule has 0 saturated heterocycles. The zero-order chi connectivity index (χ0) is 22.7. The maximum absolute atomic E-state index is 13.0. The molecule has 30 heavy (non-hydrogen) atoms. The first-order valence-corrected chi connectivity index (χ1v) is 10.3. The van der Waals surface area contributed by atoms with Crippen molar-refractivity contribution in [3.63, 3.8) is 0 Å². The summed E-state index contributed by atoms with van der Waals surface area (Å²) in [6.45, 7) is 2.83. The molecule has 0 aromatic heterocycles. The SMILES string of the molecule is CN(CC(=O)NCC(C)(C)c1cccc(C(F)(F)F)c1)S(=O)(=O)c1ccc(F)cc1. The van der Waals surface area contributed by atoms with E-state index in [4.69, 9.17) is 0 Å². The first kappa shape index (κ1) is 23.8. The van der Waals surface area contributed by atoms with E-state index in [-0.39, 0.29) is 11.4 Å². The molecule has 0 bridgehead atoms. The number of hydrogen-bond donors (Lipinski definition) is 1. The highest BCUT2D eigenvalue weighted by molar-refractivity contribution is 7.89. The van der Waals surface area contributed by atoms with Crippen LogP contribution in [0.25, 0.3) is 0 Å². The number of nitrogens with zero attached hydrogens (tertiary/aromatic N) is 1. The molecule has 2 rings (SSSR count). The lowest BCUT2D eigenvalue weighted by molar-refractivity contribution is -0.137. The van der Waals surface area contributed by atoms with Crippen LogP contribution in [0.5, 0.6) is 0 Å². The Kier molecular flexibility index (Phi) is 6.93. The lowest BCUT2D eigenvalue weighted by atomic mass is 9.83. The molecule has 1 N–H and O–H groups in total. The summed E-state index contributed by atoms with van der Waals surface area (Å²) in [6.07, 6.45) is -4.48. The second-order valence-corrected chi connectivity index (χ2v) is 9.50. The number of hydrogen-bond acceptors (Lipinski definition) is 3. The predicted octanol–water partition coefficient (Wildman–Crippen LogP) is 3.56. The molecule has 2 aromatic carbocycles. The second kappa shape index (κ2) is 8.73. The van der Waals surface area contributed by atoms with E-state index in [0.29, 0.717) is 5.56 Å².